The van der Waals surface area contributed by atoms with Gasteiger partial charge in [0.05, 0.1) is 22.1 Å². The maximum absolute atomic E-state index is 12.4. The van der Waals surface area contributed by atoms with Crippen LogP contribution in [-0.4, -0.2) is 57.9 Å². The predicted octanol–water partition coefficient (Wildman–Crippen LogP) is 5.02. The highest BCUT2D eigenvalue weighted by molar-refractivity contribution is 6.42. The van der Waals surface area contributed by atoms with Crippen LogP contribution in [0.2, 0.25) is 10.0 Å². The fraction of sp³-hybridized carbons (Fsp3) is 0.360. The second-order valence-electron chi connectivity index (χ2n) is 8.27. The molecule has 0 unspecified atom stereocenters. The molecule has 0 aliphatic carbocycles. The molecular formula is C25H28Cl2N4O. The van der Waals surface area contributed by atoms with E-state index in [1.165, 1.54) is 5.56 Å². The third-order valence-electron chi connectivity index (χ3n) is 5.91. The fourth-order valence-corrected chi connectivity index (χ4v) is 4.29. The molecule has 0 amide bonds. The van der Waals surface area contributed by atoms with Crippen LogP contribution in [0.1, 0.15) is 18.4 Å². The smallest absolute Gasteiger partial charge is 0.135 e. The summed E-state index contributed by atoms with van der Waals surface area (Å²) in [6.07, 6.45) is 4.97. The Labute approximate surface area is 199 Å². The Morgan fingerprint density at radius 1 is 0.875 bits per heavy atom. The lowest BCUT2D eigenvalue weighted by Crippen LogP contribution is -2.46. The maximum Gasteiger partial charge on any atom is 0.135 e. The fourth-order valence-electron chi connectivity index (χ4n) is 3.97. The summed E-state index contributed by atoms with van der Waals surface area (Å²) in [6.45, 7) is 6.33. The number of carbonyl (C=O) groups is 1. The number of hydrogen-bond donors (Lipinski definition) is 0. The highest BCUT2D eigenvalue weighted by Crippen LogP contribution is 2.23. The second kappa shape index (κ2) is 11.1. The molecule has 1 aliphatic heterocycles. The van der Waals surface area contributed by atoms with Gasteiger partial charge in [-0.3, -0.25) is 9.69 Å². The number of rotatable bonds is 9. The summed E-state index contributed by atoms with van der Waals surface area (Å²) in [4.78, 5) is 21.7. The lowest BCUT2D eigenvalue weighted by molar-refractivity contribution is -0.119. The SMILES string of the molecule is O=C(CCN1CCN(Cc2ccc(Cl)c(Cl)c2)CC1)CCn1cnc(-c2ccccc2)c1. The molecule has 0 bridgehead atoms. The van der Waals surface area contributed by atoms with Gasteiger partial charge in [-0.05, 0) is 17.7 Å². The van der Waals surface area contributed by atoms with Gasteiger partial charge >= 0.3 is 0 Å². The van der Waals surface area contributed by atoms with Crippen LogP contribution in [-0.2, 0) is 17.9 Å². The molecule has 1 aromatic heterocycles. The topological polar surface area (TPSA) is 41.4 Å². The molecule has 0 radical (unpaired) electrons. The molecular weight excluding hydrogens is 443 g/mol. The van der Waals surface area contributed by atoms with E-state index in [1.807, 2.05) is 65.6 Å². The molecule has 7 heteroatoms. The summed E-state index contributed by atoms with van der Waals surface area (Å²) in [6, 6.07) is 15.9. The van der Waals surface area contributed by atoms with Gasteiger partial charge in [0, 0.05) is 70.4 Å². The van der Waals surface area contributed by atoms with Gasteiger partial charge in [0.15, 0.2) is 0 Å². The molecule has 2 aromatic carbocycles. The zero-order chi connectivity index (χ0) is 22.3. The molecule has 3 aromatic rings. The molecule has 1 fully saturated rings. The number of carbonyl (C=O) groups excluding carboxylic acids is 1. The van der Waals surface area contributed by atoms with E-state index in [-0.39, 0.29) is 0 Å². The molecule has 0 saturated carbocycles. The normalized spacial score (nSPS) is 15.2. The summed E-state index contributed by atoms with van der Waals surface area (Å²) in [5, 5.41) is 1.20. The highest BCUT2D eigenvalue weighted by Gasteiger charge is 2.18. The van der Waals surface area contributed by atoms with Crippen LogP contribution in [0.25, 0.3) is 11.3 Å². The average molecular weight is 471 g/mol. The summed E-state index contributed by atoms with van der Waals surface area (Å²) >= 11 is 12.1. The first kappa shape index (κ1) is 23.0. The number of Topliss-reactive ketones (excluding diaryl/α,β-unsaturated/α-hetero) is 1. The first-order valence-electron chi connectivity index (χ1n) is 11.0. The molecule has 0 N–H and O–H groups in total. The Hall–Kier alpha value is -2.18. The summed E-state index contributed by atoms with van der Waals surface area (Å²) < 4.78 is 2.00. The number of aromatic nitrogens is 2. The lowest BCUT2D eigenvalue weighted by atomic mass is 10.1. The van der Waals surface area contributed by atoms with E-state index in [4.69, 9.17) is 23.2 Å². The molecule has 1 aliphatic rings. The van der Waals surface area contributed by atoms with Crippen molar-refractivity contribution in [3.05, 3.63) is 76.7 Å². The molecule has 4 rings (SSSR count). The van der Waals surface area contributed by atoms with Crippen molar-refractivity contribution in [2.75, 3.05) is 32.7 Å². The first-order chi connectivity index (χ1) is 15.6. The minimum atomic E-state index is 0.304. The van der Waals surface area contributed by atoms with Crippen LogP contribution in [0.3, 0.4) is 0 Å². The van der Waals surface area contributed by atoms with Crippen LogP contribution < -0.4 is 0 Å². The number of aryl methyl sites for hydroxylation is 1. The van der Waals surface area contributed by atoms with Crippen LogP contribution >= 0.6 is 23.2 Å². The van der Waals surface area contributed by atoms with Gasteiger partial charge in [-0.15, -0.1) is 0 Å². The summed E-state index contributed by atoms with van der Waals surface area (Å²) in [5.41, 5.74) is 3.21. The third-order valence-corrected chi connectivity index (χ3v) is 6.65. The van der Waals surface area contributed by atoms with Crippen molar-refractivity contribution in [2.45, 2.75) is 25.9 Å². The number of nitrogens with zero attached hydrogens (tertiary/aromatic N) is 4. The van der Waals surface area contributed by atoms with Gasteiger partial charge in [-0.1, -0.05) is 59.6 Å². The van der Waals surface area contributed by atoms with Crippen LogP contribution in [0, 0.1) is 0 Å². The van der Waals surface area contributed by atoms with Crippen LogP contribution in [0.5, 0.6) is 0 Å². The number of imidazole rings is 1. The van der Waals surface area contributed by atoms with Gasteiger partial charge in [-0.2, -0.15) is 0 Å². The lowest BCUT2D eigenvalue weighted by Gasteiger charge is -2.34. The van der Waals surface area contributed by atoms with Crippen molar-refractivity contribution >= 4 is 29.0 Å². The van der Waals surface area contributed by atoms with Crippen molar-refractivity contribution in [2.24, 2.45) is 0 Å². The second-order valence-corrected chi connectivity index (χ2v) is 9.08. The minimum absolute atomic E-state index is 0.304. The number of ketones is 1. The van der Waals surface area contributed by atoms with E-state index in [0.717, 1.165) is 50.5 Å². The zero-order valence-corrected chi connectivity index (χ0v) is 19.6. The number of hydrogen-bond acceptors (Lipinski definition) is 4. The van der Waals surface area contributed by atoms with E-state index in [0.29, 0.717) is 35.2 Å². The van der Waals surface area contributed by atoms with E-state index >= 15 is 0 Å². The molecule has 32 heavy (non-hydrogen) atoms. The van der Waals surface area contributed by atoms with Gasteiger partial charge < -0.3 is 9.47 Å². The Kier molecular flexibility index (Phi) is 7.98. The van der Waals surface area contributed by atoms with Gasteiger partial charge in [0.2, 0.25) is 0 Å². The molecule has 0 spiro atoms. The molecule has 0 atom stereocenters. The molecule has 168 valence electrons. The van der Waals surface area contributed by atoms with Crippen LogP contribution in [0.15, 0.2) is 61.1 Å². The Morgan fingerprint density at radius 3 is 2.34 bits per heavy atom. The average Bonchev–Trinajstić information content (AvgIpc) is 3.29. The van der Waals surface area contributed by atoms with Crippen molar-refractivity contribution in [1.82, 2.24) is 19.4 Å². The highest BCUT2D eigenvalue weighted by atomic mass is 35.5. The van der Waals surface area contributed by atoms with E-state index in [1.54, 1.807) is 0 Å². The minimum Gasteiger partial charge on any atom is -0.336 e. The maximum atomic E-state index is 12.4. The van der Waals surface area contributed by atoms with E-state index in [2.05, 4.69) is 14.8 Å². The van der Waals surface area contributed by atoms with Gasteiger partial charge in [0.1, 0.15) is 5.78 Å². The third kappa shape index (κ3) is 6.42. The Morgan fingerprint density at radius 2 is 1.59 bits per heavy atom. The monoisotopic (exact) mass is 470 g/mol. The van der Waals surface area contributed by atoms with Gasteiger partial charge in [0.25, 0.3) is 0 Å². The zero-order valence-electron chi connectivity index (χ0n) is 18.1. The van der Waals surface area contributed by atoms with Crippen LogP contribution in [0.4, 0.5) is 0 Å². The first-order valence-corrected chi connectivity index (χ1v) is 11.8. The largest absolute Gasteiger partial charge is 0.336 e. The Bertz CT molecular complexity index is 1030. The quantitative estimate of drug-likeness (QED) is 0.439. The summed E-state index contributed by atoms with van der Waals surface area (Å²) in [5.74, 6) is 0.304. The number of benzene rings is 2. The summed E-state index contributed by atoms with van der Waals surface area (Å²) in [7, 11) is 0. The molecule has 2 heterocycles. The predicted molar refractivity (Wildman–Crippen MR) is 130 cm³/mol. The van der Waals surface area contributed by atoms with Crippen molar-refractivity contribution in [3.8, 4) is 11.3 Å². The van der Waals surface area contributed by atoms with E-state index in [9.17, 15) is 4.79 Å². The Balaban J connectivity index is 1.15. The van der Waals surface area contributed by atoms with Crippen molar-refractivity contribution in [1.29, 1.82) is 0 Å². The number of halogens is 2. The standard InChI is InChI=1S/C25H28Cl2N4O/c26-23-7-6-20(16-24(23)27)17-30-14-12-29(13-15-30)10-8-22(32)9-11-31-18-25(28-19-31)21-4-2-1-3-5-21/h1-7,16,18-19H,8-15,17H2. The van der Waals surface area contributed by atoms with Crippen molar-refractivity contribution in [3.63, 3.8) is 0 Å². The molecule has 1 saturated heterocycles. The molecule has 5 nitrogen and oxygen atoms in total. The number of piperazine rings is 1. The van der Waals surface area contributed by atoms with E-state index < -0.39 is 0 Å². The van der Waals surface area contributed by atoms with Crippen molar-refractivity contribution < 1.29 is 4.79 Å². The van der Waals surface area contributed by atoms with Gasteiger partial charge in [-0.25, -0.2) is 4.98 Å².